The standard InChI is InChI=1S/C15H17Br2NO2/c1-10(2-3-11-4-6-12(19)7-5-11)18-9-13-8-14(16)15(17)20-13/h4-8,10,18-19H,2-3,9H2,1H3. The Labute approximate surface area is 135 Å². The smallest absolute Gasteiger partial charge is 0.183 e. The lowest BCUT2D eigenvalue weighted by Gasteiger charge is -2.12. The van der Waals surface area contributed by atoms with Crippen molar-refractivity contribution in [1.82, 2.24) is 5.32 Å². The number of halogens is 2. The van der Waals surface area contributed by atoms with Gasteiger partial charge in [0.15, 0.2) is 4.67 Å². The lowest BCUT2D eigenvalue weighted by atomic mass is 10.1. The minimum Gasteiger partial charge on any atom is -0.508 e. The van der Waals surface area contributed by atoms with Gasteiger partial charge in [0.2, 0.25) is 0 Å². The number of aromatic hydroxyl groups is 1. The lowest BCUT2D eigenvalue weighted by molar-refractivity contribution is 0.432. The molecule has 1 aromatic carbocycles. The summed E-state index contributed by atoms with van der Waals surface area (Å²) in [5, 5.41) is 12.7. The predicted molar refractivity (Wildman–Crippen MR) is 86.8 cm³/mol. The summed E-state index contributed by atoms with van der Waals surface area (Å²) in [4.78, 5) is 0. The predicted octanol–water partition coefficient (Wildman–Crippen LogP) is 4.62. The number of nitrogens with one attached hydrogen (secondary N) is 1. The fourth-order valence-corrected chi connectivity index (χ4v) is 2.56. The number of aryl methyl sites for hydroxylation is 1. The van der Waals surface area contributed by atoms with Crippen molar-refractivity contribution < 1.29 is 9.52 Å². The van der Waals surface area contributed by atoms with Gasteiger partial charge in [0.1, 0.15) is 11.5 Å². The topological polar surface area (TPSA) is 45.4 Å². The Hall–Kier alpha value is -0.780. The molecule has 2 aromatic rings. The fraction of sp³-hybridized carbons (Fsp3) is 0.333. The van der Waals surface area contributed by atoms with Crippen LogP contribution in [-0.4, -0.2) is 11.1 Å². The van der Waals surface area contributed by atoms with E-state index in [1.54, 1.807) is 12.1 Å². The molecule has 1 heterocycles. The maximum absolute atomic E-state index is 9.24. The Kier molecular flexibility index (Phi) is 5.69. The van der Waals surface area contributed by atoms with Crippen molar-refractivity contribution >= 4 is 31.9 Å². The van der Waals surface area contributed by atoms with Crippen molar-refractivity contribution in [2.24, 2.45) is 0 Å². The van der Waals surface area contributed by atoms with Gasteiger partial charge in [-0.1, -0.05) is 12.1 Å². The highest BCUT2D eigenvalue weighted by atomic mass is 79.9. The SMILES string of the molecule is CC(CCc1ccc(O)cc1)NCc1cc(Br)c(Br)o1. The zero-order chi connectivity index (χ0) is 14.5. The number of phenolic OH excluding ortho intramolecular Hbond substituents is 1. The Morgan fingerprint density at radius 2 is 1.95 bits per heavy atom. The van der Waals surface area contributed by atoms with Gasteiger partial charge in [-0.2, -0.15) is 0 Å². The Morgan fingerprint density at radius 1 is 1.25 bits per heavy atom. The summed E-state index contributed by atoms with van der Waals surface area (Å²) >= 11 is 6.73. The van der Waals surface area contributed by atoms with Crippen LogP contribution in [0.25, 0.3) is 0 Å². The van der Waals surface area contributed by atoms with Crippen LogP contribution in [-0.2, 0) is 13.0 Å². The molecule has 0 bridgehead atoms. The number of rotatable bonds is 6. The monoisotopic (exact) mass is 401 g/mol. The van der Waals surface area contributed by atoms with Crippen LogP contribution in [0.5, 0.6) is 5.75 Å². The Balaban J connectivity index is 1.75. The molecule has 0 fully saturated rings. The van der Waals surface area contributed by atoms with Gasteiger partial charge in [0, 0.05) is 6.04 Å². The van der Waals surface area contributed by atoms with Gasteiger partial charge in [-0.3, -0.25) is 0 Å². The highest BCUT2D eigenvalue weighted by Crippen LogP contribution is 2.26. The Morgan fingerprint density at radius 3 is 2.55 bits per heavy atom. The van der Waals surface area contributed by atoms with Crippen LogP contribution < -0.4 is 5.32 Å². The second-order valence-corrected chi connectivity index (χ2v) is 6.40. The third kappa shape index (κ3) is 4.65. The highest BCUT2D eigenvalue weighted by Gasteiger charge is 2.08. The third-order valence-corrected chi connectivity index (χ3v) is 4.83. The van der Waals surface area contributed by atoms with Crippen molar-refractivity contribution in [2.75, 3.05) is 0 Å². The van der Waals surface area contributed by atoms with E-state index in [9.17, 15) is 5.11 Å². The first-order chi connectivity index (χ1) is 9.54. The summed E-state index contributed by atoms with van der Waals surface area (Å²) in [5.74, 6) is 1.22. The normalized spacial score (nSPS) is 12.6. The van der Waals surface area contributed by atoms with Crippen molar-refractivity contribution in [3.63, 3.8) is 0 Å². The fourth-order valence-electron chi connectivity index (χ4n) is 1.90. The van der Waals surface area contributed by atoms with Crippen molar-refractivity contribution in [3.05, 3.63) is 50.8 Å². The molecule has 108 valence electrons. The molecular weight excluding hydrogens is 386 g/mol. The molecule has 0 radical (unpaired) electrons. The van der Waals surface area contributed by atoms with Crippen molar-refractivity contribution in [1.29, 1.82) is 0 Å². The van der Waals surface area contributed by atoms with Gasteiger partial charge in [0.25, 0.3) is 0 Å². The molecule has 5 heteroatoms. The molecule has 3 nitrogen and oxygen atoms in total. The van der Waals surface area contributed by atoms with E-state index < -0.39 is 0 Å². The van der Waals surface area contributed by atoms with Crippen LogP contribution >= 0.6 is 31.9 Å². The minimum absolute atomic E-state index is 0.314. The van der Waals surface area contributed by atoms with Crippen LogP contribution in [0, 0.1) is 0 Å². The van der Waals surface area contributed by atoms with Crippen molar-refractivity contribution in [2.45, 2.75) is 32.4 Å². The first-order valence-electron chi connectivity index (χ1n) is 6.49. The van der Waals surface area contributed by atoms with E-state index in [2.05, 4.69) is 44.1 Å². The van der Waals surface area contributed by atoms with E-state index in [0.717, 1.165) is 27.7 Å². The zero-order valence-corrected chi connectivity index (χ0v) is 14.4. The highest BCUT2D eigenvalue weighted by molar-refractivity contribution is 9.13. The quantitative estimate of drug-likeness (QED) is 0.740. The molecule has 2 rings (SSSR count). The summed E-state index contributed by atoms with van der Waals surface area (Å²) < 4.78 is 7.18. The average molecular weight is 403 g/mol. The maximum Gasteiger partial charge on any atom is 0.183 e. The van der Waals surface area contributed by atoms with E-state index in [4.69, 9.17) is 4.42 Å². The van der Waals surface area contributed by atoms with Gasteiger partial charge in [-0.05, 0) is 75.4 Å². The first kappa shape index (κ1) is 15.6. The number of benzene rings is 1. The lowest BCUT2D eigenvalue weighted by Crippen LogP contribution is -2.25. The van der Waals surface area contributed by atoms with E-state index in [-0.39, 0.29) is 0 Å². The zero-order valence-electron chi connectivity index (χ0n) is 11.2. The summed E-state index contributed by atoms with van der Waals surface area (Å²) in [6.07, 6.45) is 2.02. The van der Waals surface area contributed by atoms with Gasteiger partial charge in [-0.25, -0.2) is 0 Å². The molecule has 0 aliphatic heterocycles. The van der Waals surface area contributed by atoms with Crippen LogP contribution in [0.1, 0.15) is 24.7 Å². The molecule has 0 spiro atoms. The van der Waals surface area contributed by atoms with E-state index >= 15 is 0 Å². The van der Waals surface area contributed by atoms with Gasteiger partial charge in [0.05, 0.1) is 11.0 Å². The van der Waals surface area contributed by atoms with Crippen molar-refractivity contribution in [3.8, 4) is 5.75 Å². The molecule has 0 aliphatic carbocycles. The second-order valence-electron chi connectivity index (χ2n) is 4.82. The molecule has 1 atom stereocenters. The number of hydrogen-bond acceptors (Lipinski definition) is 3. The Bertz CT molecular complexity index is 532. The number of furan rings is 1. The van der Waals surface area contributed by atoms with E-state index in [0.29, 0.717) is 18.3 Å². The molecule has 2 N–H and O–H groups in total. The molecule has 1 unspecified atom stereocenters. The summed E-state index contributed by atoms with van der Waals surface area (Å²) in [7, 11) is 0. The number of phenols is 1. The minimum atomic E-state index is 0.314. The molecular formula is C15H17Br2NO2. The molecule has 0 saturated heterocycles. The van der Waals surface area contributed by atoms with Gasteiger partial charge in [-0.15, -0.1) is 0 Å². The molecule has 0 saturated carbocycles. The summed E-state index contributed by atoms with van der Waals surface area (Å²) in [6, 6.07) is 9.73. The number of hydrogen-bond donors (Lipinski definition) is 2. The molecule has 0 aliphatic rings. The van der Waals surface area contributed by atoms with E-state index in [1.807, 2.05) is 18.2 Å². The van der Waals surface area contributed by atoms with Crippen LogP contribution in [0.15, 0.2) is 43.9 Å². The summed E-state index contributed by atoms with van der Waals surface area (Å²) in [5.41, 5.74) is 1.24. The van der Waals surface area contributed by atoms with E-state index in [1.165, 1.54) is 5.56 Å². The largest absolute Gasteiger partial charge is 0.508 e. The molecule has 1 aromatic heterocycles. The average Bonchev–Trinajstić information content (AvgIpc) is 2.75. The summed E-state index contributed by atoms with van der Waals surface area (Å²) in [6.45, 7) is 2.87. The van der Waals surface area contributed by atoms with Gasteiger partial charge < -0.3 is 14.8 Å². The first-order valence-corrected chi connectivity index (χ1v) is 8.08. The van der Waals surface area contributed by atoms with Crippen LogP contribution in [0.2, 0.25) is 0 Å². The van der Waals surface area contributed by atoms with Crippen LogP contribution in [0.3, 0.4) is 0 Å². The second kappa shape index (κ2) is 7.29. The molecule has 20 heavy (non-hydrogen) atoms. The van der Waals surface area contributed by atoms with Crippen LogP contribution in [0.4, 0.5) is 0 Å². The maximum atomic E-state index is 9.24. The van der Waals surface area contributed by atoms with Gasteiger partial charge >= 0.3 is 0 Å². The third-order valence-electron chi connectivity index (χ3n) is 3.12. The molecule has 0 amide bonds.